The first-order valence-electron chi connectivity index (χ1n) is 6.83. The Balaban J connectivity index is 1.66. The quantitative estimate of drug-likeness (QED) is 0.581. The molecule has 0 aliphatic rings. The lowest BCUT2D eigenvalue weighted by Gasteiger charge is -1.99. The van der Waals surface area contributed by atoms with E-state index in [1.807, 2.05) is 48.8 Å². The fourth-order valence-electron chi connectivity index (χ4n) is 2.18. The molecule has 6 heteroatoms. The van der Waals surface area contributed by atoms with Crippen LogP contribution in [0.5, 0.6) is 0 Å². The number of aromatic nitrogens is 6. The van der Waals surface area contributed by atoms with Gasteiger partial charge in [0.05, 0.1) is 30.0 Å². The lowest BCUT2D eigenvalue weighted by Crippen LogP contribution is -1.95. The molecule has 0 saturated heterocycles. The van der Waals surface area contributed by atoms with Gasteiger partial charge in [0.2, 0.25) is 0 Å². The minimum atomic E-state index is 0.828. The summed E-state index contributed by atoms with van der Waals surface area (Å²) < 4.78 is 3.55. The van der Waals surface area contributed by atoms with Crippen LogP contribution in [0.4, 0.5) is 0 Å². The molecule has 0 aliphatic carbocycles. The Bertz CT molecular complexity index is 803. The highest BCUT2D eigenvalue weighted by Gasteiger charge is 2.07. The van der Waals surface area contributed by atoms with Crippen LogP contribution < -0.4 is 0 Å². The second-order valence-corrected chi connectivity index (χ2v) is 4.71. The molecule has 0 saturated carbocycles. The van der Waals surface area contributed by atoms with Gasteiger partial charge in [-0.1, -0.05) is 6.07 Å². The zero-order chi connectivity index (χ0) is 14.8. The van der Waals surface area contributed by atoms with E-state index in [-0.39, 0.29) is 0 Å². The molecule has 4 rings (SSSR count). The van der Waals surface area contributed by atoms with E-state index in [4.69, 9.17) is 0 Å². The van der Waals surface area contributed by atoms with Crippen LogP contribution in [-0.2, 0) is 0 Å². The molecular weight excluding hydrogens is 276 g/mol. The molecule has 0 spiro atoms. The summed E-state index contributed by atoms with van der Waals surface area (Å²) in [7, 11) is 0. The molecule has 0 aliphatic heterocycles. The monoisotopic (exact) mass is 288 g/mol. The van der Waals surface area contributed by atoms with Crippen molar-refractivity contribution in [3.8, 4) is 22.8 Å². The summed E-state index contributed by atoms with van der Waals surface area (Å²) in [6.45, 7) is 0. The van der Waals surface area contributed by atoms with Gasteiger partial charge in [-0.25, -0.2) is 9.36 Å². The number of hydrogen-bond acceptors (Lipinski definition) is 4. The lowest BCUT2D eigenvalue weighted by molar-refractivity contribution is 0.865. The second-order valence-electron chi connectivity index (χ2n) is 4.71. The molecule has 106 valence electrons. The summed E-state index contributed by atoms with van der Waals surface area (Å²) in [6.07, 6.45) is 10.8. The van der Waals surface area contributed by atoms with Crippen LogP contribution in [0.2, 0.25) is 0 Å². The molecule has 0 N–H and O–H groups in total. The Hall–Kier alpha value is -3.28. The molecule has 4 aromatic heterocycles. The van der Waals surface area contributed by atoms with Gasteiger partial charge in [0.25, 0.3) is 0 Å². The van der Waals surface area contributed by atoms with Gasteiger partial charge in [0.15, 0.2) is 0 Å². The first kappa shape index (κ1) is 12.5. The Labute approximate surface area is 126 Å². The summed E-state index contributed by atoms with van der Waals surface area (Å²) >= 11 is 0. The Morgan fingerprint density at radius 2 is 1.77 bits per heavy atom. The van der Waals surface area contributed by atoms with Gasteiger partial charge in [-0.05, 0) is 30.3 Å². The largest absolute Gasteiger partial charge is 0.262 e. The van der Waals surface area contributed by atoms with Crippen molar-refractivity contribution in [2.24, 2.45) is 0 Å². The predicted octanol–water partition coefficient (Wildman–Crippen LogP) is 2.51. The second kappa shape index (κ2) is 5.25. The minimum Gasteiger partial charge on any atom is -0.262 e. The number of rotatable bonds is 3. The van der Waals surface area contributed by atoms with Crippen LogP contribution in [0.25, 0.3) is 22.8 Å². The van der Waals surface area contributed by atoms with E-state index >= 15 is 0 Å². The standard InChI is InChI=1S/C16H12N6/c1-2-8-18-15(5-1)16-6-9-21(20-16)14-11-19-22(12-14)13-4-3-7-17-10-13/h1-12H. The van der Waals surface area contributed by atoms with E-state index in [1.54, 1.807) is 34.2 Å². The zero-order valence-electron chi connectivity index (χ0n) is 11.6. The third-order valence-corrected chi connectivity index (χ3v) is 3.26. The molecule has 0 bridgehead atoms. The fraction of sp³-hybridized carbons (Fsp3) is 0. The van der Waals surface area contributed by atoms with Crippen LogP contribution in [0.15, 0.2) is 73.6 Å². The molecule has 4 aromatic rings. The maximum absolute atomic E-state index is 4.54. The summed E-state index contributed by atoms with van der Waals surface area (Å²) in [6, 6.07) is 11.5. The first-order valence-corrected chi connectivity index (χ1v) is 6.83. The van der Waals surface area contributed by atoms with Gasteiger partial charge in [-0.3, -0.25) is 9.97 Å². The summed E-state index contributed by atoms with van der Waals surface area (Å²) in [5.41, 5.74) is 3.47. The van der Waals surface area contributed by atoms with E-state index in [0.29, 0.717) is 0 Å². The van der Waals surface area contributed by atoms with E-state index in [0.717, 1.165) is 22.8 Å². The normalized spacial score (nSPS) is 10.7. The number of pyridine rings is 2. The molecule has 0 aromatic carbocycles. The zero-order valence-corrected chi connectivity index (χ0v) is 11.6. The highest BCUT2D eigenvalue weighted by Crippen LogP contribution is 2.16. The maximum Gasteiger partial charge on any atom is 0.111 e. The van der Waals surface area contributed by atoms with Gasteiger partial charge in [0, 0.05) is 18.6 Å². The molecule has 0 amide bonds. The van der Waals surface area contributed by atoms with Crippen molar-refractivity contribution in [1.29, 1.82) is 0 Å². The van der Waals surface area contributed by atoms with Crippen LogP contribution in [0.3, 0.4) is 0 Å². The van der Waals surface area contributed by atoms with E-state index in [9.17, 15) is 0 Å². The maximum atomic E-state index is 4.54. The minimum absolute atomic E-state index is 0.828. The fourth-order valence-corrected chi connectivity index (χ4v) is 2.18. The highest BCUT2D eigenvalue weighted by molar-refractivity contribution is 5.53. The SMILES string of the molecule is c1ccc(-c2ccn(-c3cnn(-c4cccnc4)c3)n2)nc1. The average molecular weight is 288 g/mol. The summed E-state index contributed by atoms with van der Waals surface area (Å²) in [5.74, 6) is 0. The molecular formula is C16H12N6. The Morgan fingerprint density at radius 3 is 2.59 bits per heavy atom. The predicted molar refractivity (Wildman–Crippen MR) is 81.7 cm³/mol. The van der Waals surface area contributed by atoms with Crippen molar-refractivity contribution in [3.05, 3.63) is 73.6 Å². The van der Waals surface area contributed by atoms with Gasteiger partial charge in [-0.15, -0.1) is 0 Å². The van der Waals surface area contributed by atoms with Crippen molar-refractivity contribution in [2.45, 2.75) is 0 Å². The Kier molecular flexibility index (Phi) is 2.97. The van der Waals surface area contributed by atoms with Crippen molar-refractivity contribution >= 4 is 0 Å². The van der Waals surface area contributed by atoms with Crippen molar-refractivity contribution in [2.75, 3.05) is 0 Å². The van der Waals surface area contributed by atoms with Crippen LogP contribution in [0, 0.1) is 0 Å². The van der Waals surface area contributed by atoms with Gasteiger partial charge < -0.3 is 0 Å². The summed E-state index contributed by atoms with van der Waals surface area (Å²) in [4.78, 5) is 8.40. The van der Waals surface area contributed by atoms with E-state index in [2.05, 4.69) is 20.2 Å². The van der Waals surface area contributed by atoms with Gasteiger partial charge >= 0.3 is 0 Å². The average Bonchev–Trinajstić information content (AvgIpc) is 3.26. The third-order valence-electron chi connectivity index (χ3n) is 3.26. The topological polar surface area (TPSA) is 61.4 Å². The molecule has 0 atom stereocenters. The summed E-state index contributed by atoms with van der Waals surface area (Å²) in [5, 5.41) is 8.89. The van der Waals surface area contributed by atoms with Crippen molar-refractivity contribution in [3.63, 3.8) is 0 Å². The third kappa shape index (κ3) is 2.26. The molecule has 0 fully saturated rings. The van der Waals surface area contributed by atoms with E-state index in [1.165, 1.54) is 0 Å². The first-order chi connectivity index (χ1) is 10.9. The van der Waals surface area contributed by atoms with E-state index < -0.39 is 0 Å². The molecule has 22 heavy (non-hydrogen) atoms. The smallest absolute Gasteiger partial charge is 0.111 e. The van der Waals surface area contributed by atoms with Crippen molar-refractivity contribution < 1.29 is 0 Å². The van der Waals surface area contributed by atoms with Gasteiger partial charge in [-0.2, -0.15) is 10.2 Å². The van der Waals surface area contributed by atoms with Crippen LogP contribution in [-0.4, -0.2) is 29.5 Å². The van der Waals surface area contributed by atoms with Crippen LogP contribution in [0.1, 0.15) is 0 Å². The van der Waals surface area contributed by atoms with Gasteiger partial charge in [0.1, 0.15) is 11.4 Å². The molecule has 0 unspecified atom stereocenters. The Morgan fingerprint density at radius 1 is 0.773 bits per heavy atom. The number of nitrogens with zero attached hydrogens (tertiary/aromatic N) is 6. The van der Waals surface area contributed by atoms with Crippen molar-refractivity contribution in [1.82, 2.24) is 29.5 Å². The highest BCUT2D eigenvalue weighted by atomic mass is 15.3. The van der Waals surface area contributed by atoms with Crippen LogP contribution >= 0.6 is 0 Å². The molecule has 6 nitrogen and oxygen atoms in total. The molecule has 4 heterocycles. The molecule has 0 radical (unpaired) electrons. The lowest BCUT2D eigenvalue weighted by atomic mass is 10.3. The number of hydrogen-bond donors (Lipinski definition) is 0.